The lowest BCUT2D eigenvalue weighted by Crippen LogP contribution is -2.06. The lowest BCUT2D eigenvalue weighted by molar-refractivity contribution is 0.476. The molecule has 0 saturated carbocycles. The molecular formula is C16H15N3O. The van der Waals surface area contributed by atoms with E-state index in [0.717, 1.165) is 34.5 Å². The minimum Gasteiger partial charge on any atom is -0.455 e. The van der Waals surface area contributed by atoms with Crippen LogP contribution >= 0.6 is 0 Å². The number of nitrogens with one attached hydrogen (secondary N) is 1. The van der Waals surface area contributed by atoms with Crippen molar-refractivity contribution in [1.29, 1.82) is 0 Å². The number of nitrogens with zero attached hydrogens (tertiary/aromatic N) is 2. The van der Waals surface area contributed by atoms with Crippen LogP contribution in [0.3, 0.4) is 0 Å². The van der Waals surface area contributed by atoms with Crippen LogP contribution in [0.25, 0.3) is 10.9 Å². The Morgan fingerprint density at radius 1 is 1.00 bits per heavy atom. The molecule has 1 aromatic heterocycles. The van der Waals surface area contributed by atoms with E-state index in [1.807, 2.05) is 55.6 Å². The van der Waals surface area contributed by atoms with Crippen LogP contribution in [0.4, 0.5) is 0 Å². The van der Waals surface area contributed by atoms with Gasteiger partial charge in [-0.3, -0.25) is 0 Å². The quantitative estimate of drug-likeness (QED) is 0.787. The van der Waals surface area contributed by atoms with E-state index in [0.29, 0.717) is 0 Å². The fourth-order valence-corrected chi connectivity index (χ4v) is 2.12. The van der Waals surface area contributed by atoms with Gasteiger partial charge < -0.3 is 10.1 Å². The summed E-state index contributed by atoms with van der Waals surface area (Å²) >= 11 is 0. The van der Waals surface area contributed by atoms with Gasteiger partial charge in [-0.05, 0) is 25.2 Å². The Labute approximate surface area is 117 Å². The monoisotopic (exact) mass is 265 g/mol. The van der Waals surface area contributed by atoms with Gasteiger partial charge in [-0.25, -0.2) is 0 Å². The van der Waals surface area contributed by atoms with E-state index >= 15 is 0 Å². The molecule has 0 spiro atoms. The molecule has 1 heterocycles. The highest BCUT2D eigenvalue weighted by atomic mass is 16.5. The van der Waals surface area contributed by atoms with Gasteiger partial charge in [0.25, 0.3) is 0 Å². The third-order valence-corrected chi connectivity index (χ3v) is 3.07. The molecule has 20 heavy (non-hydrogen) atoms. The van der Waals surface area contributed by atoms with Crippen LogP contribution in [0.1, 0.15) is 5.56 Å². The third-order valence-electron chi connectivity index (χ3n) is 3.07. The summed E-state index contributed by atoms with van der Waals surface area (Å²) in [7, 11) is 1.92. The molecule has 1 N–H and O–H groups in total. The summed E-state index contributed by atoms with van der Waals surface area (Å²) in [5.74, 6) is 1.55. The van der Waals surface area contributed by atoms with Gasteiger partial charge in [0.2, 0.25) is 0 Å². The van der Waals surface area contributed by atoms with Gasteiger partial charge in [0.15, 0.2) is 5.75 Å². The molecular weight excluding hydrogens is 250 g/mol. The van der Waals surface area contributed by atoms with Crippen molar-refractivity contribution in [2.75, 3.05) is 7.05 Å². The lowest BCUT2D eigenvalue weighted by atomic mass is 10.2. The van der Waals surface area contributed by atoms with Crippen LogP contribution in [0.15, 0.2) is 54.7 Å². The molecule has 4 nitrogen and oxygen atoms in total. The summed E-state index contributed by atoms with van der Waals surface area (Å²) in [6, 6.07) is 15.8. The summed E-state index contributed by atoms with van der Waals surface area (Å²) in [4.78, 5) is 0. The van der Waals surface area contributed by atoms with Crippen molar-refractivity contribution in [2.45, 2.75) is 6.54 Å². The Morgan fingerprint density at radius 2 is 1.80 bits per heavy atom. The number of ether oxygens (including phenoxy) is 1. The molecule has 2 aromatic carbocycles. The molecule has 0 unspecified atom stereocenters. The molecule has 0 bridgehead atoms. The second-order valence-electron chi connectivity index (χ2n) is 4.47. The average molecular weight is 265 g/mol. The van der Waals surface area contributed by atoms with Crippen molar-refractivity contribution < 1.29 is 4.74 Å². The zero-order valence-electron chi connectivity index (χ0n) is 11.2. The van der Waals surface area contributed by atoms with Crippen LogP contribution in [0, 0.1) is 0 Å². The van der Waals surface area contributed by atoms with Gasteiger partial charge >= 0.3 is 0 Å². The first-order valence-electron chi connectivity index (χ1n) is 6.49. The summed E-state index contributed by atoms with van der Waals surface area (Å²) in [5, 5.41) is 12.2. The first-order valence-corrected chi connectivity index (χ1v) is 6.49. The maximum atomic E-state index is 6.03. The highest BCUT2D eigenvalue weighted by molar-refractivity contribution is 5.84. The average Bonchev–Trinajstić information content (AvgIpc) is 2.50. The zero-order chi connectivity index (χ0) is 13.8. The molecule has 100 valence electrons. The highest BCUT2D eigenvalue weighted by Gasteiger charge is 2.07. The van der Waals surface area contributed by atoms with Crippen LogP contribution in [0.5, 0.6) is 11.5 Å². The number of fused-ring (bicyclic) bond motifs is 1. The highest BCUT2D eigenvalue weighted by Crippen LogP contribution is 2.29. The van der Waals surface area contributed by atoms with Crippen molar-refractivity contribution in [3.8, 4) is 11.5 Å². The Balaban J connectivity index is 2.01. The molecule has 0 aliphatic rings. The molecule has 0 atom stereocenters. The number of hydrogen-bond acceptors (Lipinski definition) is 4. The number of para-hydroxylation sites is 1. The van der Waals surface area contributed by atoms with Crippen LogP contribution in [0.2, 0.25) is 0 Å². The minimum atomic E-state index is 0.721. The van der Waals surface area contributed by atoms with Crippen molar-refractivity contribution in [3.05, 3.63) is 60.3 Å². The van der Waals surface area contributed by atoms with Gasteiger partial charge in [-0.15, -0.1) is 0 Å². The summed E-state index contributed by atoms with van der Waals surface area (Å²) in [6.45, 7) is 0.757. The zero-order valence-corrected chi connectivity index (χ0v) is 11.2. The molecule has 3 aromatic rings. The van der Waals surface area contributed by atoms with Crippen molar-refractivity contribution in [3.63, 3.8) is 0 Å². The Kier molecular flexibility index (Phi) is 3.56. The summed E-state index contributed by atoms with van der Waals surface area (Å²) < 4.78 is 6.03. The molecule has 0 radical (unpaired) electrons. The predicted molar refractivity (Wildman–Crippen MR) is 78.8 cm³/mol. The van der Waals surface area contributed by atoms with Crippen molar-refractivity contribution >= 4 is 10.9 Å². The van der Waals surface area contributed by atoms with E-state index in [9.17, 15) is 0 Å². The van der Waals surface area contributed by atoms with Crippen molar-refractivity contribution in [2.24, 2.45) is 0 Å². The normalized spacial score (nSPS) is 10.7. The predicted octanol–water partition coefficient (Wildman–Crippen LogP) is 3.14. The van der Waals surface area contributed by atoms with Crippen LogP contribution in [-0.2, 0) is 6.54 Å². The summed E-state index contributed by atoms with van der Waals surface area (Å²) in [6.07, 6.45) is 1.65. The molecule has 0 fully saturated rings. The van der Waals surface area contributed by atoms with Crippen LogP contribution < -0.4 is 10.1 Å². The number of benzene rings is 2. The first-order chi connectivity index (χ1) is 9.88. The summed E-state index contributed by atoms with van der Waals surface area (Å²) in [5.41, 5.74) is 1.94. The van der Waals surface area contributed by atoms with Gasteiger partial charge in [0.05, 0.1) is 11.7 Å². The number of aromatic nitrogens is 2. The van der Waals surface area contributed by atoms with E-state index in [1.54, 1.807) is 6.20 Å². The third kappa shape index (κ3) is 2.46. The van der Waals surface area contributed by atoms with Crippen LogP contribution in [-0.4, -0.2) is 17.2 Å². The van der Waals surface area contributed by atoms with E-state index in [2.05, 4.69) is 15.5 Å². The molecule has 4 heteroatoms. The Hall–Kier alpha value is -2.46. The smallest absolute Gasteiger partial charge is 0.157 e. The van der Waals surface area contributed by atoms with Crippen molar-refractivity contribution in [1.82, 2.24) is 15.5 Å². The topological polar surface area (TPSA) is 47.0 Å². The lowest BCUT2D eigenvalue weighted by Gasteiger charge is -2.11. The number of hydrogen-bond donors (Lipinski definition) is 1. The fourth-order valence-electron chi connectivity index (χ4n) is 2.12. The van der Waals surface area contributed by atoms with E-state index in [1.165, 1.54) is 0 Å². The first kappa shape index (κ1) is 12.6. The van der Waals surface area contributed by atoms with Gasteiger partial charge in [0, 0.05) is 17.5 Å². The van der Waals surface area contributed by atoms with E-state index in [-0.39, 0.29) is 0 Å². The minimum absolute atomic E-state index is 0.721. The molecule has 0 saturated heterocycles. The van der Waals surface area contributed by atoms with Gasteiger partial charge in [-0.1, -0.05) is 30.3 Å². The second-order valence-corrected chi connectivity index (χ2v) is 4.47. The number of rotatable bonds is 4. The molecule has 3 rings (SSSR count). The molecule has 0 aliphatic heterocycles. The standard InChI is InChI=1S/C16H15N3O/c1-17-10-12-6-2-5-9-15(12)20-16-11-18-19-14-8-4-3-7-13(14)16/h2-9,11,17H,10H2,1H3. The molecule has 0 aliphatic carbocycles. The maximum absolute atomic E-state index is 6.03. The largest absolute Gasteiger partial charge is 0.455 e. The SMILES string of the molecule is CNCc1ccccc1Oc1cnnc2ccccc12. The fraction of sp³-hybridized carbons (Fsp3) is 0.125. The van der Waals surface area contributed by atoms with Gasteiger partial charge in [-0.2, -0.15) is 10.2 Å². The van der Waals surface area contributed by atoms with E-state index < -0.39 is 0 Å². The maximum Gasteiger partial charge on any atom is 0.157 e. The molecule has 0 amide bonds. The second kappa shape index (κ2) is 5.67. The Bertz CT molecular complexity index is 722. The van der Waals surface area contributed by atoms with Gasteiger partial charge in [0.1, 0.15) is 5.75 Å². The Morgan fingerprint density at radius 3 is 2.70 bits per heavy atom. The van der Waals surface area contributed by atoms with E-state index in [4.69, 9.17) is 4.74 Å².